The Morgan fingerprint density at radius 3 is 2.73 bits per heavy atom. The lowest BCUT2D eigenvalue weighted by Gasteiger charge is -2.09. The summed E-state index contributed by atoms with van der Waals surface area (Å²) < 4.78 is 0. The van der Waals surface area contributed by atoms with Gasteiger partial charge in [0.25, 0.3) is 0 Å². The van der Waals surface area contributed by atoms with Crippen LogP contribution in [0.2, 0.25) is 10.0 Å². The minimum absolute atomic E-state index is 0.146. The summed E-state index contributed by atoms with van der Waals surface area (Å²) in [4.78, 5) is 11.9. The minimum atomic E-state index is -0.146. The van der Waals surface area contributed by atoms with Crippen LogP contribution in [0, 0.1) is 11.3 Å². The molecule has 0 aliphatic heterocycles. The van der Waals surface area contributed by atoms with Crippen LogP contribution >= 0.6 is 23.2 Å². The molecule has 0 aromatic heterocycles. The van der Waals surface area contributed by atoms with Gasteiger partial charge in [-0.25, -0.2) is 0 Å². The molecule has 2 N–H and O–H groups in total. The lowest BCUT2D eigenvalue weighted by atomic mass is 10.2. The van der Waals surface area contributed by atoms with E-state index in [0.29, 0.717) is 27.8 Å². The van der Waals surface area contributed by atoms with Gasteiger partial charge in [-0.3, -0.25) is 4.79 Å². The first-order valence-electron chi connectivity index (χ1n) is 6.57. The number of hydrogen-bond acceptors (Lipinski definition) is 3. The monoisotopic (exact) mass is 333 g/mol. The molecule has 0 fully saturated rings. The van der Waals surface area contributed by atoms with Crippen molar-refractivity contribution in [3.8, 4) is 6.07 Å². The maximum absolute atomic E-state index is 11.9. The van der Waals surface area contributed by atoms with E-state index < -0.39 is 0 Å². The topological polar surface area (TPSA) is 64.9 Å². The van der Waals surface area contributed by atoms with Gasteiger partial charge in [0.15, 0.2) is 0 Å². The number of carbonyl (C=O) groups is 1. The number of amides is 1. The van der Waals surface area contributed by atoms with Crippen molar-refractivity contribution in [2.24, 2.45) is 0 Å². The van der Waals surface area contributed by atoms with Crippen molar-refractivity contribution >= 4 is 40.5 Å². The number of rotatable bonds is 5. The quantitative estimate of drug-likeness (QED) is 0.856. The van der Waals surface area contributed by atoms with Crippen molar-refractivity contribution in [2.75, 3.05) is 17.2 Å². The Kier molecular flexibility index (Phi) is 5.65. The summed E-state index contributed by atoms with van der Waals surface area (Å²) in [5.41, 5.74) is 1.84. The molecule has 0 spiro atoms. The lowest BCUT2D eigenvalue weighted by molar-refractivity contribution is -0.115. The van der Waals surface area contributed by atoms with Crippen LogP contribution < -0.4 is 10.6 Å². The van der Waals surface area contributed by atoms with E-state index >= 15 is 0 Å². The molecule has 112 valence electrons. The molecule has 2 aromatic rings. The van der Waals surface area contributed by atoms with Crippen LogP contribution in [0.25, 0.3) is 0 Å². The van der Waals surface area contributed by atoms with Crippen LogP contribution in [0.5, 0.6) is 0 Å². The number of benzene rings is 2. The second-order valence-corrected chi connectivity index (χ2v) is 5.39. The predicted molar refractivity (Wildman–Crippen MR) is 89.4 cm³/mol. The molecule has 0 aliphatic carbocycles. The van der Waals surface area contributed by atoms with Gasteiger partial charge in [-0.2, -0.15) is 5.26 Å². The second-order valence-electron chi connectivity index (χ2n) is 4.54. The third-order valence-corrected chi connectivity index (χ3v) is 3.42. The zero-order chi connectivity index (χ0) is 15.9. The number of hydrogen-bond donors (Lipinski definition) is 2. The van der Waals surface area contributed by atoms with Crippen LogP contribution in [-0.2, 0) is 4.79 Å². The normalized spacial score (nSPS) is 9.86. The Balaban J connectivity index is 1.84. The van der Waals surface area contributed by atoms with Gasteiger partial charge in [0.2, 0.25) is 5.91 Å². The van der Waals surface area contributed by atoms with Crippen LogP contribution in [0.1, 0.15) is 12.0 Å². The fourth-order valence-corrected chi connectivity index (χ4v) is 2.31. The fourth-order valence-electron chi connectivity index (χ4n) is 1.83. The number of anilines is 2. The van der Waals surface area contributed by atoms with Crippen LogP contribution in [0.15, 0.2) is 42.5 Å². The number of nitriles is 1. The highest BCUT2D eigenvalue weighted by molar-refractivity contribution is 6.36. The molecule has 6 heteroatoms. The van der Waals surface area contributed by atoms with Crippen LogP contribution in [0.3, 0.4) is 0 Å². The average Bonchev–Trinajstić information content (AvgIpc) is 2.49. The van der Waals surface area contributed by atoms with Crippen molar-refractivity contribution < 1.29 is 4.79 Å². The Bertz CT molecular complexity index is 726. The van der Waals surface area contributed by atoms with E-state index in [1.165, 1.54) is 0 Å². The zero-order valence-corrected chi connectivity index (χ0v) is 13.1. The van der Waals surface area contributed by atoms with Gasteiger partial charge in [-0.1, -0.05) is 29.3 Å². The maximum atomic E-state index is 11.9. The average molecular weight is 334 g/mol. The highest BCUT2D eigenvalue weighted by Gasteiger charge is 2.05. The molecule has 0 saturated heterocycles. The highest BCUT2D eigenvalue weighted by atomic mass is 35.5. The van der Waals surface area contributed by atoms with E-state index in [2.05, 4.69) is 10.6 Å². The smallest absolute Gasteiger partial charge is 0.226 e. The lowest BCUT2D eigenvalue weighted by Crippen LogP contribution is -2.16. The predicted octanol–water partition coefficient (Wildman–Crippen LogP) is 4.31. The summed E-state index contributed by atoms with van der Waals surface area (Å²) in [6.45, 7) is 0.436. The SMILES string of the molecule is N#Cc1cccc(NC(=O)CCNc2ccc(Cl)cc2Cl)c1. The van der Waals surface area contributed by atoms with Crippen LogP contribution in [-0.4, -0.2) is 12.5 Å². The third-order valence-electron chi connectivity index (χ3n) is 2.87. The molecule has 0 saturated carbocycles. The van der Waals surface area contributed by atoms with Crippen molar-refractivity contribution in [2.45, 2.75) is 6.42 Å². The van der Waals surface area contributed by atoms with Crippen molar-refractivity contribution in [1.82, 2.24) is 0 Å². The van der Waals surface area contributed by atoms with Crippen molar-refractivity contribution in [3.63, 3.8) is 0 Å². The Hall–Kier alpha value is -2.22. The largest absolute Gasteiger partial charge is 0.383 e. The Labute approximate surface area is 138 Å². The molecule has 4 nitrogen and oxygen atoms in total. The maximum Gasteiger partial charge on any atom is 0.226 e. The van der Waals surface area contributed by atoms with Gasteiger partial charge < -0.3 is 10.6 Å². The molecule has 0 bridgehead atoms. The molecule has 0 radical (unpaired) electrons. The van der Waals surface area contributed by atoms with E-state index in [-0.39, 0.29) is 12.3 Å². The summed E-state index contributed by atoms with van der Waals surface area (Å²) >= 11 is 11.8. The molecule has 0 unspecified atom stereocenters. The van der Waals surface area contributed by atoms with Gasteiger partial charge in [0.05, 0.1) is 22.3 Å². The molecule has 0 heterocycles. The van der Waals surface area contributed by atoms with E-state index in [9.17, 15) is 4.79 Å². The van der Waals surface area contributed by atoms with E-state index in [1.807, 2.05) is 6.07 Å². The van der Waals surface area contributed by atoms with Gasteiger partial charge in [-0.05, 0) is 36.4 Å². The van der Waals surface area contributed by atoms with E-state index in [1.54, 1.807) is 42.5 Å². The molecular weight excluding hydrogens is 321 g/mol. The summed E-state index contributed by atoms with van der Waals surface area (Å²) in [7, 11) is 0. The summed E-state index contributed by atoms with van der Waals surface area (Å²) in [5.74, 6) is -0.146. The Morgan fingerprint density at radius 1 is 1.18 bits per heavy atom. The molecule has 1 amide bonds. The summed E-state index contributed by atoms with van der Waals surface area (Å²) in [6, 6.07) is 13.9. The first-order chi connectivity index (χ1) is 10.6. The molecule has 0 atom stereocenters. The van der Waals surface area contributed by atoms with E-state index in [0.717, 1.165) is 5.69 Å². The first-order valence-corrected chi connectivity index (χ1v) is 7.33. The van der Waals surface area contributed by atoms with Gasteiger partial charge >= 0.3 is 0 Å². The van der Waals surface area contributed by atoms with Crippen molar-refractivity contribution in [3.05, 3.63) is 58.1 Å². The molecule has 2 rings (SSSR count). The summed E-state index contributed by atoms with van der Waals surface area (Å²) in [6.07, 6.45) is 0.274. The number of nitrogens with one attached hydrogen (secondary N) is 2. The number of nitrogens with zero attached hydrogens (tertiary/aromatic N) is 1. The molecule has 2 aromatic carbocycles. The third kappa shape index (κ3) is 4.66. The zero-order valence-electron chi connectivity index (χ0n) is 11.6. The van der Waals surface area contributed by atoms with Gasteiger partial charge in [0.1, 0.15) is 0 Å². The van der Waals surface area contributed by atoms with Crippen LogP contribution in [0.4, 0.5) is 11.4 Å². The highest BCUT2D eigenvalue weighted by Crippen LogP contribution is 2.25. The van der Waals surface area contributed by atoms with E-state index in [4.69, 9.17) is 28.5 Å². The standard InChI is InChI=1S/C16H13Cl2N3O/c17-12-4-5-15(14(18)9-12)20-7-6-16(22)21-13-3-1-2-11(8-13)10-19/h1-5,8-9,20H,6-7H2,(H,21,22). The number of carbonyl (C=O) groups excluding carboxylic acids is 1. The van der Waals surface area contributed by atoms with Gasteiger partial charge in [-0.15, -0.1) is 0 Å². The Morgan fingerprint density at radius 2 is 2.00 bits per heavy atom. The van der Waals surface area contributed by atoms with Crippen molar-refractivity contribution in [1.29, 1.82) is 5.26 Å². The first kappa shape index (κ1) is 16.2. The number of halogens is 2. The molecular formula is C16H13Cl2N3O. The second kappa shape index (κ2) is 7.69. The summed E-state index contributed by atoms with van der Waals surface area (Å²) in [5, 5.41) is 15.7. The molecule has 0 aliphatic rings. The minimum Gasteiger partial charge on any atom is -0.383 e. The van der Waals surface area contributed by atoms with Gasteiger partial charge in [0, 0.05) is 23.7 Å². The fraction of sp³-hybridized carbons (Fsp3) is 0.125. The molecule has 22 heavy (non-hydrogen) atoms.